The Balaban J connectivity index is 2.92. The SMILES string of the molecule is N#CC=[SiH2]. The van der Waals surface area contributed by atoms with Crippen molar-refractivity contribution in [3.8, 4) is 6.07 Å². The zero-order valence-electron chi connectivity index (χ0n) is 2.23. The maximum atomic E-state index is 7.58. The van der Waals surface area contributed by atoms with E-state index in [4.69, 9.17) is 5.26 Å². The van der Waals surface area contributed by atoms with Gasteiger partial charge in [0.05, 0.1) is 6.07 Å². The third-order valence-electron chi connectivity index (χ3n) is 0.0913. The van der Waals surface area contributed by atoms with E-state index in [0.717, 1.165) is 0 Å². The van der Waals surface area contributed by atoms with Gasteiger partial charge in [-0.1, -0.05) is 0 Å². The Hall–Kier alpha value is -0.423. The largest absolute Gasteiger partial charge is 0.194 e. The molecular weight excluding hydrogens is 66.1 g/mol. The number of hydrogen-bond donors (Lipinski definition) is 0. The maximum Gasteiger partial charge on any atom is 0.0853 e. The summed E-state index contributed by atoms with van der Waals surface area (Å²) in [6.45, 7) is 0. The smallest absolute Gasteiger partial charge is 0.0853 e. The van der Waals surface area contributed by atoms with Crippen LogP contribution in [0.25, 0.3) is 0 Å². The molecule has 0 N–H and O–H groups in total. The van der Waals surface area contributed by atoms with Crippen LogP contribution < -0.4 is 0 Å². The van der Waals surface area contributed by atoms with Crippen molar-refractivity contribution in [1.82, 2.24) is 0 Å². The van der Waals surface area contributed by atoms with Crippen molar-refractivity contribution >= 4 is 15.5 Å². The third-order valence-corrected chi connectivity index (χ3v) is 0.274. The summed E-state index contributed by atoms with van der Waals surface area (Å²) < 4.78 is 0. The molecule has 0 unspecified atom stereocenters. The predicted molar refractivity (Wildman–Crippen MR) is 20.2 cm³/mol. The van der Waals surface area contributed by atoms with Crippen molar-refractivity contribution in [3.63, 3.8) is 0 Å². The highest BCUT2D eigenvalue weighted by molar-refractivity contribution is 6.32. The van der Waals surface area contributed by atoms with E-state index < -0.39 is 0 Å². The van der Waals surface area contributed by atoms with Crippen LogP contribution in [0.1, 0.15) is 0 Å². The van der Waals surface area contributed by atoms with Crippen LogP contribution in [0.4, 0.5) is 0 Å². The Morgan fingerprint density at radius 1 is 2.00 bits per heavy atom. The number of nitriles is 1. The molecule has 0 amide bonds. The lowest BCUT2D eigenvalue weighted by molar-refractivity contribution is 1.56. The number of hydrogen-bond acceptors (Lipinski definition) is 1. The van der Waals surface area contributed by atoms with Crippen LogP contribution in [0, 0.1) is 11.3 Å². The minimum Gasteiger partial charge on any atom is -0.194 e. The van der Waals surface area contributed by atoms with Crippen LogP contribution in [0.2, 0.25) is 0 Å². The van der Waals surface area contributed by atoms with Crippen molar-refractivity contribution in [1.29, 1.82) is 5.26 Å². The second kappa shape index (κ2) is 2.58. The van der Waals surface area contributed by atoms with E-state index in [1.807, 2.05) is 6.07 Å². The van der Waals surface area contributed by atoms with Gasteiger partial charge in [-0.15, -0.1) is 0 Å². The van der Waals surface area contributed by atoms with Crippen molar-refractivity contribution < 1.29 is 0 Å². The van der Waals surface area contributed by atoms with Crippen molar-refractivity contribution in [2.45, 2.75) is 0 Å². The first-order valence-electron chi connectivity index (χ1n) is 0.921. The summed E-state index contributed by atoms with van der Waals surface area (Å²) in [7, 11) is 1.54. The van der Waals surface area contributed by atoms with Gasteiger partial charge < -0.3 is 0 Å². The molecule has 0 bridgehead atoms. The highest BCUT2D eigenvalue weighted by Crippen LogP contribution is 1.17. The van der Waals surface area contributed by atoms with Crippen LogP contribution in [-0.4, -0.2) is 15.5 Å². The first-order chi connectivity index (χ1) is 1.91. The second-order valence-corrected chi connectivity index (χ2v) is 0.741. The summed E-state index contributed by atoms with van der Waals surface area (Å²) in [5.41, 5.74) is 1.46. The molecule has 0 aromatic heterocycles. The van der Waals surface area contributed by atoms with Gasteiger partial charge >= 0.3 is 0 Å². The molecule has 0 aliphatic carbocycles. The van der Waals surface area contributed by atoms with Gasteiger partial charge in [-0.25, -0.2) is 0 Å². The average Bonchev–Trinajstić information content (AvgIpc) is 1.37. The standard InChI is InChI=1S/C2H3NSi/c3-1-2-4/h2H,4H2. The minimum atomic E-state index is 1.46. The van der Waals surface area contributed by atoms with Crippen LogP contribution in [-0.2, 0) is 0 Å². The quantitative estimate of drug-likeness (QED) is 0.333. The molecule has 4 heavy (non-hydrogen) atoms. The zero-order chi connectivity index (χ0) is 3.41. The molecule has 0 rings (SSSR count). The highest BCUT2D eigenvalue weighted by Gasteiger charge is 1.33. The van der Waals surface area contributed by atoms with E-state index in [1.54, 1.807) is 0 Å². The maximum absolute atomic E-state index is 7.58. The van der Waals surface area contributed by atoms with Gasteiger partial charge in [0.25, 0.3) is 0 Å². The molecule has 20 valence electrons. The molecule has 0 spiro atoms. The summed E-state index contributed by atoms with van der Waals surface area (Å²) in [6.07, 6.45) is 0. The molecule has 0 saturated carbocycles. The van der Waals surface area contributed by atoms with Crippen molar-refractivity contribution in [2.24, 2.45) is 0 Å². The first kappa shape index (κ1) is 3.58. The highest BCUT2D eigenvalue weighted by atomic mass is 28.1. The summed E-state index contributed by atoms with van der Waals surface area (Å²) >= 11 is 0. The molecular formula is C2H3NSi. The van der Waals surface area contributed by atoms with Gasteiger partial charge in [-0.05, 0) is 15.5 Å². The molecule has 0 saturated heterocycles. The van der Waals surface area contributed by atoms with E-state index in [0.29, 0.717) is 0 Å². The fraction of sp³-hybridized carbons (Fsp3) is 0. The van der Waals surface area contributed by atoms with E-state index in [1.165, 1.54) is 15.5 Å². The van der Waals surface area contributed by atoms with Crippen molar-refractivity contribution in [2.75, 3.05) is 0 Å². The van der Waals surface area contributed by atoms with Gasteiger partial charge in [0, 0.05) is 0 Å². The fourth-order valence-electron chi connectivity index (χ4n) is 0. The number of nitrogens with zero attached hydrogens (tertiary/aromatic N) is 1. The average molecular weight is 69.1 g/mol. The van der Waals surface area contributed by atoms with E-state index >= 15 is 0 Å². The Labute approximate surface area is 27.9 Å². The molecule has 1 nitrogen and oxygen atoms in total. The van der Waals surface area contributed by atoms with Gasteiger partial charge in [-0.2, -0.15) is 5.26 Å². The van der Waals surface area contributed by atoms with Gasteiger partial charge in [0.2, 0.25) is 0 Å². The molecule has 0 fully saturated rings. The van der Waals surface area contributed by atoms with E-state index in [9.17, 15) is 0 Å². The van der Waals surface area contributed by atoms with Crippen LogP contribution in [0.3, 0.4) is 0 Å². The molecule has 0 aromatic rings. The molecule has 0 radical (unpaired) electrons. The minimum absolute atomic E-state index is 1.46. The first-order valence-corrected chi connectivity index (χ1v) is 1.74. The molecule has 2 heteroatoms. The summed E-state index contributed by atoms with van der Waals surface area (Å²) in [6, 6.07) is 1.82. The van der Waals surface area contributed by atoms with Crippen molar-refractivity contribution in [3.05, 3.63) is 0 Å². The van der Waals surface area contributed by atoms with Gasteiger partial charge in [0.1, 0.15) is 0 Å². The van der Waals surface area contributed by atoms with E-state index in [-0.39, 0.29) is 0 Å². The second-order valence-electron chi connectivity index (χ2n) is 0.333. The summed E-state index contributed by atoms with van der Waals surface area (Å²) in [5.74, 6) is 0. The van der Waals surface area contributed by atoms with Gasteiger partial charge in [0.15, 0.2) is 0 Å². The monoisotopic (exact) mass is 69.0 g/mol. The van der Waals surface area contributed by atoms with E-state index in [2.05, 4.69) is 0 Å². The lowest BCUT2D eigenvalue weighted by atomic mass is 10.9. The van der Waals surface area contributed by atoms with Crippen LogP contribution in [0.15, 0.2) is 0 Å². The topological polar surface area (TPSA) is 23.8 Å². The molecule has 0 heterocycles. The fourth-order valence-corrected chi connectivity index (χ4v) is 0. The Morgan fingerprint density at radius 2 is 2.25 bits per heavy atom. The summed E-state index contributed by atoms with van der Waals surface area (Å²) in [4.78, 5) is 0. The Bertz CT molecular complexity index is 51.5. The Morgan fingerprint density at radius 3 is 2.25 bits per heavy atom. The van der Waals surface area contributed by atoms with Crippen LogP contribution >= 0.6 is 0 Å². The molecule has 0 aliphatic rings. The summed E-state index contributed by atoms with van der Waals surface area (Å²) in [5, 5.41) is 7.58. The lowest BCUT2D eigenvalue weighted by Crippen LogP contribution is -1.50. The molecule has 0 atom stereocenters. The predicted octanol–water partition coefficient (Wildman–Crippen LogP) is -1.05. The van der Waals surface area contributed by atoms with Crippen LogP contribution in [0.5, 0.6) is 0 Å². The zero-order valence-corrected chi connectivity index (χ0v) is 3.65. The Kier molecular flexibility index (Phi) is 2.30. The normalized spacial score (nSPS) is 3.75. The van der Waals surface area contributed by atoms with Gasteiger partial charge in [-0.3, -0.25) is 0 Å². The lowest BCUT2D eigenvalue weighted by Gasteiger charge is -1.31. The molecule has 0 aliphatic heterocycles. The molecule has 0 aromatic carbocycles. The number of rotatable bonds is 0. The third kappa shape index (κ3) is 1.58.